The fraction of sp³-hybridized carbons (Fsp3) is 0.0667. The summed E-state index contributed by atoms with van der Waals surface area (Å²) < 4.78 is 0. The predicted molar refractivity (Wildman–Crippen MR) is 89.2 cm³/mol. The van der Waals surface area contributed by atoms with Gasteiger partial charge < -0.3 is 10.4 Å². The van der Waals surface area contributed by atoms with E-state index in [9.17, 15) is 9.90 Å². The summed E-state index contributed by atoms with van der Waals surface area (Å²) in [6, 6.07) is 9.80. The summed E-state index contributed by atoms with van der Waals surface area (Å²) in [6.45, 7) is 0. The third kappa shape index (κ3) is 3.90. The molecule has 0 atom stereocenters. The second-order valence-electron chi connectivity index (χ2n) is 4.35. The number of amides is 1. The molecular weight excluding hydrogens is 325 g/mol. The van der Waals surface area contributed by atoms with Gasteiger partial charge in [0.25, 0.3) is 5.91 Å². The number of phenols is 1. The molecule has 0 saturated heterocycles. The number of rotatable bonds is 4. The molecular formula is C15H13Cl2N3O2. The van der Waals surface area contributed by atoms with Crippen molar-refractivity contribution in [2.45, 2.75) is 0 Å². The largest absolute Gasteiger partial charge is 0.506 e. The van der Waals surface area contributed by atoms with Crippen LogP contribution in [0.15, 0.2) is 41.5 Å². The van der Waals surface area contributed by atoms with Crippen molar-refractivity contribution in [2.75, 3.05) is 12.4 Å². The molecule has 2 aromatic carbocycles. The molecule has 3 N–H and O–H groups in total. The van der Waals surface area contributed by atoms with E-state index in [-0.39, 0.29) is 16.7 Å². The highest BCUT2D eigenvalue weighted by Gasteiger charge is 2.07. The summed E-state index contributed by atoms with van der Waals surface area (Å²) in [4.78, 5) is 11.9. The first-order valence-electron chi connectivity index (χ1n) is 6.30. The lowest BCUT2D eigenvalue weighted by atomic mass is 10.2. The number of carbonyl (C=O) groups is 1. The highest BCUT2D eigenvalue weighted by atomic mass is 35.5. The molecule has 0 radical (unpaired) electrons. The van der Waals surface area contributed by atoms with Crippen LogP contribution in [0.3, 0.4) is 0 Å². The maximum atomic E-state index is 11.9. The number of benzene rings is 2. The number of nitrogens with zero attached hydrogens (tertiary/aromatic N) is 1. The summed E-state index contributed by atoms with van der Waals surface area (Å²) in [5.41, 5.74) is 4.04. The summed E-state index contributed by atoms with van der Waals surface area (Å²) in [7, 11) is 1.79. The Hall–Kier alpha value is -2.24. The van der Waals surface area contributed by atoms with Crippen molar-refractivity contribution in [2.24, 2.45) is 5.10 Å². The first-order chi connectivity index (χ1) is 10.5. The van der Waals surface area contributed by atoms with Crippen molar-refractivity contribution in [1.82, 2.24) is 5.43 Å². The monoisotopic (exact) mass is 337 g/mol. The normalized spacial score (nSPS) is 10.7. The van der Waals surface area contributed by atoms with Gasteiger partial charge in [0.05, 0.1) is 11.2 Å². The van der Waals surface area contributed by atoms with Crippen molar-refractivity contribution < 1.29 is 9.90 Å². The van der Waals surface area contributed by atoms with Crippen molar-refractivity contribution >= 4 is 41.0 Å². The molecule has 2 rings (SSSR count). The van der Waals surface area contributed by atoms with E-state index >= 15 is 0 Å². The zero-order valence-corrected chi connectivity index (χ0v) is 13.1. The average Bonchev–Trinajstić information content (AvgIpc) is 2.51. The Kier molecular flexibility index (Phi) is 5.25. The summed E-state index contributed by atoms with van der Waals surface area (Å²) >= 11 is 11.6. The molecule has 0 aromatic heterocycles. The molecule has 0 bridgehead atoms. The fourth-order valence-corrected chi connectivity index (χ4v) is 2.21. The van der Waals surface area contributed by atoms with Crippen LogP contribution in [-0.2, 0) is 0 Å². The predicted octanol–water partition coefficient (Wildman–Crippen LogP) is 3.50. The second-order valence-corrected chi connectivity index (χ2v) is 5.20. The highest BCUT2D eigenvalue weighted by Crippen LogP contribution is 2.29. The molecule has 0 spiro atoms. The van der Waals surface area contributed by atoms with Crippen molar-refractivity contribution in [3.05, 3.63) is 57.6 Å². The summed E-state index contributed by atoms with van der Waals surface area (Å²) in [6.07, 6.45) is 1.27. The number of aromatic hydroxyl groups is 1. The summed E-state index contributed by atoms with van der Waals surface area (Å²) in [5.74, 6) is -0.519. The van der Waals surface area contributed by atoms with Gasteiger partial charge >= 0.3 is 0 Å². The number of hydrazone groups is 1. The number of phenolic OH excluding ortho intramolecular Hbond substituents is 1. The number of hydrogen-bond donors (Lipinski definition) is 3. The molecule has 5 nitrogen and oxygen atoms in total. The standard InChI is InChI=1S/C15H13Cl2N3O2/c1-18-12-4-2-9(3-5-12)15(22)20-19-8-10-6-11(16)7-13(17)14(10)21/h2-8,18,21H,1H3,(H,20,22). The Morgan fingerprint density at radius 1 is 1.23 bits per heavy atom. The maximum Gasteiger partial charge on any atom is 0.271 e. The first-order valence-corrected chi connectivity index (χ1v) is 7.06. The Morgan fingerprint density at radius 3 is 2.55 bits per heavy atom. The first kappa shape index (κ1) is 16.1. The molecule has 0 saturated carbocycles. The lowest BCUT2D eigenvalue weighted by molar-refractivity contribution is 0.0955. The SMILES string of the molecule is CNc1ccc(C(=O)NN=Cc2cc(Cl)cc(Cl)c2O)cc1. The van der Waals surface area contributed by atoms with Crippen LogP contribution in [0.1, 0.15) is 15.9 Å². The maximum absolute atomic E-state index is 11.9. The summed E-state index contributed by atoms with van der Waals surface area (Å²) in [5, 5.41) is 17.0. The Morgan fingerprint density at radius 2 is 1.91 bits per heavy atom. The number of carbonyl (C=O) groups excluding carboxylic acids is 1. The van der Waals surface area contributed by atoms with Gasteiger partial charge in [0.15, 0.2) is 0 Å². The van der Waals surface area contributed by atoms with E-state index in [1.165, 1.54) is 18.3 Å². The fourth-order valence-electron chi connectivity index (χ4n) is 1.70. The van der Waals surface area contributed by atoms with Gasteiger partial charge in [0, 0.05) is 28.9 Å². The smallest absolute Gasteiger partial charge is 0.271 e. The van der Waals surface area contributed by atoms with E-state index < -0.39 is 0 Å². The molecule has 7 heteroatoms. The van der Waals surface area contributed by atoms with Crippen LogP contribution in [0.25, 0.3) is 0 Å². The van der Waals surface area contributed by atoms with Crippen molar-refractivity contribution in [3.8, 4) is 5.75 Å². The lowest BCUT2D eigenvalue weighted by Gasteiger charge is -2.04. The van der Waals surface area contributed by atoms with Crippen LogP contribution in [0.5, 0.6) is 5.75 Å². The van der Waals surface area contributed by atoms with E-state index in [1.54, 1.807) is 31.3 Å². The minimum atomic E-state index is -0.369. The van der Waals surface area contributed by atoms with E-state index in [1.807, 2.05) is 0 Å². The number of anilines is 1. The molecule has 0 heterocycles. The molecule has 0 unspecified atom stereocenters. The van der Waals surface area contributed by atoms with Gasteiger partial charge in [-0.2, -0.15) is 5.10 Å². The van der Waals surface area contributed by atoms with Gasteiger partial charge in [-0.1, -0.05) is 23.2 Å². The van der Waals surface area contributed by atoms with Crippen LogP contribution in [0.2, 0.25) is 10.0 Å². The zero-order chi connectivity index (χ0) is 16.1. The zero-order valence-electron chi connectivity index (χ0n) is 11.6. The van der Waals surface area contributed by atoms with Crippen LogP contribution in [0, 0.1) is 0 Å². The third-order valence-corrected chi connectivity index (χ3v) is 3.37. The van der Waals surface area contributed by atoms with Gasteiger partial charge in [-0.3, -0.25) is 4.79 Å². The third-order valence-electron chi connectivity index (χ3n) is 2.86. The van der Waals surface area contributed by atoms with Crippen molar-refractivity contribution in [1.29, 1.82) is 0 Å². The minimum absolute atomic E-state index is 0.114. The quantitative estimate of drug-likeness (QED) is 0.590. The molecule has 114 valence electrons. The van der Waals surface area contributed by atoms with E-state index in [4.69, 9.17) is 23.2 Å². The lowest BCUT2D eigenvalue weighted by Crippen LogP contribution is -2.17. The molecule has 1 amide bonds. The van der Waals surface area contributed by atoms with Crippen LogP contribution >= 0.6 is 23.2 Å². The molecule has 0 aliphatic heterocycles. The van der Waals surface area contributed by atoms with Gasteiger partial charge in [0.2, 0.25) is 0 Å². The Bertz CT molecular complexity index is 715. The average molecular weight is 338 g/mol. The van der Waals surface area contributed by atoms with Gasteiger partial charge in [-0.15, -0.1) is 0 Å². The van der Waals surface area contributed by atoms with Gasteiger partial charge in [-0.25, -0.2) is 5.43 Å². The van der Waals surface area contributed by atoms with Crippen LogP contribution in [0.4, 0.5) is 5.69 Å². The highest BCUT2D eigenvalue weighted by molar-refractivity contribution is 6.36. The molecule has 0 fully saturated rings. The number of hydrogen-bond acceptors (Lipinski definition) is 4. The molecule has 0 aliphatic rings. The second kappa shape index (κ2) is 7.15. The minimum Gasteiger partial charge on any atom is -0.506 e. The molecule has 22 heavy (non-hydrogen) atoms. The molecule has 0 aliphatic carbocycles. The van der Waals surface area contributed by atoms with Crippen molar-refractivity contribution in [3.63, 3.8) is 0 Å². The van der Waals surface area contributed by atoms with Crippen LogP contribution < -0.4 is 10.7 Å². The Balaban J connectivity index is 2.07. The number of nitrogens with one attached hydrogen (secondary N) is 2. The Labute approximate surface area is 137 Å². The number of halogens is 2. The van der Waals surface area contributed by atoms with E-state index in [0.717, 1.165) is 5.69 Å². The molecule has 2 aromatic rings. The van der Waals surface area contributed by atoms with E-state index in [2.05, 4.69) is 15.8 Å². The van der Waals surface area contributed by atoms with Gasteiger partial charge in [0.1, 0.15) is 5.75 Å². The van der Waals surface area contributed by atoms with Crippen LogP contribution in [-0.4, -0.2) is 24.3 Å². The van der Waals surface area contributed by atoms with E-state index in [0.29, 0.717) is 16.1 Å². The van der Waals surface area contributed by atoms with Gasteiger partial charge in [-0.05, 0) is 36.4 Å². The topological polar surface area (TPSA) is 73.7 Å².